The standard InChI is InChI=1S/C27H23F2N7O4S/c1-35-22(37)13-36(25(39)27(35)7-8-27)20-10-15(16-9-18(23(28)29)30-12-19(16)40-2)17(11-31-20)24(38)32-26-34-33-21(41-26)6-5-14-3-4-14/h9-12,14,23H,3-4,7-8,13H2,1-2H3,(H,32,34,38). The lowest BCUT2D eigenvalue weighted by Gasteiger charge is -2.38. The number of piperazine rings is 1. The number of nitrogens with zero attached hydrogens (tertiary/aromatic N) is 6. The average molecular weight is 580 g/mol. The molecule has 3 aromatic heterocycles. The summed E-state index contributed by atoms with van der Waals surface area (Å²) in [6, 6.07) is 2.54. The third-order valence-corrected chi connectivity index (χ3v) is 8.07. The van der Waals surface area contributed by atoms with E-state index in [1.54, 1.807) is 7.05 Å². The van der Waals surface area contributed by atoms with Crippen LogP contribution in [-0.2, 0) is 9.59 Å². The Hall–Kier alpha value is -4.51. The van der Waals surface area contributed by atoms with Crippen LogP contribution < -0.4 is 15.0 Å². The highest BCUT2D eigenvalue weighted by Crippen LogP contribution is 2.46. The molecule has 0 atom stereocenters. The van der Waals surface area contributed by atoms with E-state index in [0.29, 0.717) is 23.8 Å². The number of likely N-dealkylation sites (N-methyl/N-ethyl adjacent to an activating group) is 1. The highest BCUT2D eigenvalue weighted by molar-refractivity contribution is 7.15. The SMILES string of the molecule is COc1cnc(C(F)F)cc1-c1cc(N2CC(=O)N(C)C3(CC3)C2=O)ncc1C(=O)Nc1nnc(C#CC2CC2)s1. The highest BCUT2D eigenvalue weighted by Gasteiger charge is 2.60. The van der Waals surface area contributed by atoms with Crippen LogP contribution in [0.3, 0.4) is 0 Å². The van der Waals surface area contributed by atoms with E-state index in [1.807, 2.05) is 0 Å². The van der Waals surface area contributed by atoms with Crippen molar-refractivity contribution in [1.29, 1.82) is 0 Å². The topological polar surface area (TPSA) is 131 Å². The monoisotopic (exact) mass is 579 g/mol. The predicted octanol–water partition coefficient (Wildman–Crippen LogP) is 3.29. The van der Waals surface area contributed by atoms with Crippen molar-refractivity contribution in [2.75, 3.05) is 30.9 Å². The third kappa shape index (κ3) is 4.97. The molecule has 3 amide bonds. The first-order valence-electron chi connectivity index (χ1n) is 12.8. The fourth-order valence-corrected chi connectivity index (χ4v) is 5.23. The van der Waals surface area contributed by atoms with Gasteiger partial charge in [0.15, 0.2) is 5.01 Å². The Morgan fingerprint density at radius 1 is 1.17 bits per heavy atom. The van der Waals surface area contributed by atoms with Crippen molar-refractivity contribution in [1.82, 2.24) is 25.1 Å². The van der Waals surface area contributed by atoms with Crippen molar-refractivity contribution in [3.63, 3.8) is 0 Å². The van der Waals surface area contributed by atoms with Crippen molar-refractivity contribution in [2.45, 2.75) is 37.6 Å². The zero-order valence-corrected chi connectivity index (χ0v) is 22.8. The van der Waals surface area contributed by atoms with Crippen LogP contribution in [-0.4, -0.2) is 69.0 Å². The van der Waals surface area contributed by atoms with Gasteiger partial charge in [-0.2, -0.15) is 0 Å². The molecule has 14 heteroatoms. The average Bonchev–Trinajstić information content (AvgIpc) is 3.91. The Balaban J connectivity index is 1.40. The third-order valence-electron chi connectivity index (χ3n) is 7.32. The second kappa shape index (κ2) is 10.2. The first-order valence-corrected chi connectivity index (χ1v) is 13.6. The van der Waals surface area contributed by atoms with Gasteiger partial charge in [-0.25, -0.2) is 13.8 Å². The van der Waals surface area contributed by atoms with Crippen LogP contribution in [0.25, 0.3) is 11.1 Å². The predicted molar refractivity (Wildman–Crippen MR) is 144 cm³/mol. The maximum atomic E-state index is 13.6. The molecule has 6 rings (SSSR count). The molecular formula is C27H23F2N7O4S. The van der Waals surface area contributed by atoms with E-state index in [9.17, 15) is 23.2 Å². The molecule has 3 aliphatic rings. The molecule has 1 saturated heterocycles. The van der Waals surface area contributed by atoms with E-state index in [2.05, 4.69) is 37.3 Å². The quantitative estimate of drug-likeness (QED) is 0.441. The molecule has 0 radical (unpaired) electrons. The van der Waals surface area contributed by atoms with Gasteiger partial charge in [-0.15, -0.1) is 10.2 Å². The van der Waals surface area contributed by atoms with Gasteiger partial charge in [0.05, 0.1) is 18.9 Å². The van der Waals surface area contributed by atoms with Crippen molar-refractivity contribution >= 4 is 40.0 Å². The summed E-state index contributed by atoms with van der Waals surface area (Å²) in [5.74, 6) is 5.42. The number of ether oxygens (including phenoxy) is 1. The van der Waals surface area contributed by atoms with E-state index in [1.165, 1.54) is 29.2 Å². The van der Waals surface area contributed by atoms with Crippen LogP contribution in [0.1, 0.15) is 53.2 Å². The van der Waals surface area contributed by atoms with E-state index >= 15 is 0 Å². The second-order valence-electron chi connectivity index (χ2n) is 9.98. The summed E-state index contributed by atoms with van der Waals surface area (Å²) in [7, 11) is 2.94. The number of pyridine rings is 2. The van der Waals surface area contributed by atoms with Crippen molar-refractivity contribution in [2.24, 2.45) is 5.92 Å². The summed E-state index contributed by atoms with van der Waals surface area (Å²) < 4.78 is 32.7. The molecule has 1 aliphatic heterocycles. The number of nitrogens with one attached hydrogen (secondary N) is 1. The summed E-state index contributed by atoms with van der Waals surface area (Å²) in [4.78, 5) is 50.4. The molecule has 0 bridgehead atoms. The van der Waals surface area contributed by atoms with Crippen molar-refractivity contribution < 1.29 is 27.9 Å². The minimum Gasteiger partial charge on any atom is -0.494 e. The van der Waals surface area contributed by atoms with Gasteiger partial charge in [0.1, 0.15) is 29.3 Å². The number of carbonyl (C=O) groups is 3. The molecule has 0 unspecified atom stereocenters. The lowest BCUT2D eigenvalue weighted by Crippen LogP contribution is -2.60. The number of aromatic nitrogens is 4. The molecule has 2 saturated carbocycles. The van der Waals surface area contributed by atoms with Crippen LogP contribution in [0, 0.1) is 17.8 Å². The highest BCUT2D eigenvalue weighted by atomic mass is 32.1. The molecule has 41 heavy (non-hydrogen) atoms. The number of hydrogen-bond acceptors (Lipinski definition) is 9. The molecule has 0 aromatic carbocycles. The molecule has 4 heterocycles. The Morgan fingerprint density at radius 3 is 2.63 bits per heavy atom. The Kier molecular flexibility index (Phi) is 6.61. The normalized spacial score (nSPS) is 17.5. The van der Waals surface area contributed by atoms with Gasteiger partial charge in [0.2, 0.25) is 11.0 Å². The number of anilines is 2. The van der Waals surface area contributed by atoms with Crippen molar-refractivity contribution in [3.05, 3.63) is 40.8 Å². The van der Waals surface area contributed by atoms with Crippen LogP contribution in [0.4, 0.5) is 19.7 Å². The number of halogens is 2. The van der Waals surface area contributed by atoms with Crippen LogP contribution in [0.15, 0.2) is 24.5 Å². The lowest BCUT2D eigenvalue weighted by atomic mass is 9.99. The van der Waals surface area contributed by atoms with Gasteiger partial charge in [-0.3, -0.25) is 29.6 Å². The number of methoxy groups -OCH3 is 1. The minimum atomic E-state index is -2.89. The van der Waals surface area contributed by atoms with Gasteiger partial charge in [0.25, 0.3) is 18.2 Å². The maximum Gasteiger partial charge on any atom is 0.280 e. The molecule has 3 fully saturated rings. The summed E-state index contributed by atoms with van der Waals surface area (Å²) >= 11 is 1.10. The fraction of sp³-hybridized carbons (Fsp3) is 0.370. The van der Waals surface area contributed by atoms with E-state index in [-0.39, 0.29) is 51.7 Å². The first kappa shape index (κ1) is 26.7. The minimum absolute atomic E-state index is 0.00619. The van der Waals surface area contributed by atoms with Gasteiger partial charge in [-0.05, 0) is 43.7 Å². The summed E-state index contributed by atoms with van der Waals surface area (Å²) in [5.41, 5.74) is -1.17. The number of rotatable bonds is 6. The Labute approximate surface area is 236 Å². The van der Waals surface area contributed by atoms with Crippen LogP contribution in [0.5, 0.6) is 5.75 Å². The van der Waals surface area contributed by atoms with Gasteiger partial charge in [0, 0.05) is 30.3 Å². The van der Waals surface area contributed by atoms with Crippen molar-refractivity contribution in [3.8, 4) is 28.7 Å². The van der Waals surface area contributed by atoms with E-state index in [4.69, 9.17) is 4.74 Å². The molecular weight excluding hydrogens is 556 g/mol. The van der Waals surface area contributed by atoms with Gasteiger partial charge < -0.3 is 9.64 Å². The molecule has 2 aliphatic carbocycles. The van der Waals surface area contributed by atoms with Gasteiger partial charge in [-0.1, -0.05) is 17.3 Å². The maximum absolute atomic E-state index is 13.6. The smallest absolute Gasteiger partial charge is 0.280 e. The number of carbonyl (C=O) groups excluding carboxylic acids is 3. The fourth-order valence-electron chi connectivity index (χ4n) is 4.63. The number of amides is 3. The first-order chi connectivity index (χ1) is 19.7. The number of alkyl halides is 2. The zero-order valence-electron chi connectivity index (χ0n) is 22.0. The molecule has 210 valence electrons. The van der Waals surface area contributed by atoms with E-state index < -0.39 is 23.6 Å². The Morgan fingerprint density at radius 2 is 1.95 bits per heavy atom. The second-order valence-corrected chi connectivity index (χ2v) is 11.0. The molecule has 11 nitrogen and oxygen atoms in total. The number of hydrogen-bond donors (Lipinski definition) is 1. The summed E-state index contributed by atoms with van der Waals surface area (Å²) in [5, 5.41) is 11.3. The zero-order chi connectivity index (χ0) is 28.9. The summed E-state index contributed by atoms with van der Waals surface area (Å²) in [6.07, 6.45) is 2.65. The Bertz CT molecular complexity index is 1640. The molecule has 1 N–H and O–H groups in total. The molecule has 1 spiro atoms. The van der Waals surface area contributed by atoms with Gasteiger partial charge >= 0.3 is 0 Å². The molecule has 3 aromatic rings. The van der Waals surface area contributed by atoms with Crippen LogP contribution in [0.2, 0.25) is 0 Å². The largest absolute Gasteiger partial charge is 0.494 e. The van der Waals surface area contributed by atoms with Crippen LogP contribution >= 0.6 is 11.3 Å². The lowest BCUT2D eigenvalue weighted by molar-refractivity contribution is -0.143. The van der Waals surface area contributed by atoms with E-state index in [0.717, 1.165) is 36.4 Å². The summed E-state index contributed by atoms with van der Waals surface area (Å²) in [6.45, 7) is -0.250.